The molecule has 1 saturated heterocycles. The van der Waals surface area contributed by atoms with Gasteiger partial charge in [0, 0.05) is 191 Å². The van der Waals surface area contributed by atoms with E-state index in [1.807, 2.05) is 240 Å². The monoisotopic (exact) mass is 1990 g/mol. The van der Waals surface area contributed by atoms with Crippen LogP contribution in [0.15, 0.2) is 247 Å². The fourth-order valence-electron chi connectivity index (χ4n) is 16.3. The van der Waals surface area contributed by atoms with Gasteiger partial charge in [0.05, 0.1) is 200 Å². The number of benzene rings is 4. The zero-order valence-electron chi connectivity index (χ0n) is 85.7. The highest BCUT2D eigenvalue weighted by atomic mass is 16.5. The first-order chi connectivity index (χ1) is 70.3. The number of hydrogen-bond donors (Lipinski definition) is 8. The number of amides is 4. The van der Waals surface area contributed by atoms with E-state index < -0.39 is 0 Å². The number of anilines is 16. The number of carbonyl (C=O) groups is 4. The van der Waals surface area contributed by atoms with Crippen LogP contribution in [0.4, 0.5) is 91.5 Å². The molecule has 8 N–H and O–H groups in total. The van der Waals surface area contributed by atoms with Crippen molar-refractivity contribution >= 4 is 138 Å². The smallest absolute Gasteiger partial charge is 0.247 e. The number of aromatic nitrogens is 17. The summed E-state index contributed by atoms with van der Waals surface area (Å²) in [6.45, 7) is 21.0. The van der Waals surface area contributed by atoms with Gasteiger partial charge in [-0.05, 0) is 142 Å². The van der Waals surface area contributed by atoms with Crippen LogP contribution in [-0.2, 0) is 40.3 Å². The number of likely N-dealkylation sites (N-methyl/N-ethyl adjacent to an activating group) is 6. The zero-order chi connectivity index (χ0) is 104. The van der Waals surface area contributed by atoms with Crippen LogP contribution in [0.3, 0.4) is 0 Å². The Labute approximate surface area is 855 Å². The van der Waals surface area contributed by atoms with Crippen molar-refractivity contribution in [3.63, 3.8) is 0 Å². The maximum atomic E-state index is 12.3. The average Bonchev–Trinajstić information content (AvgIpc) is 1.72. The van der Waals surface area contributed by atoms with Gasteiger partial charge in [-0.25, -0.2) is 39.9 Å². The number of aryl methyl sites for hydroxylation is 3. The summed E-state index contributed by atoms with van der Waals surface area (Å²) < 4.78 is 36.5. The Kier molecular flexibility index (Phi) is 35.6. The van der Waals surface area contributed by atoms with Crippen molar-refractivity contribution in [3.8, 4) is 68.0 Å². The Balaban J connectivity index is 0.000000163. The number of pyridine rings is 1. The number of nitrogens with one attached hydrogen (secondary N) is 8. The van der Waals surface area contributed by atoms with Gasteiger partial charge in [0.15, 0.2) is 22.6 Å². The number of hydrogen-bond acceptors (Lipinski definition) is 30. The standard InChI is InChI=1S/C28H34N8O2.C26H32N8O2.C26H30N8O2.C25H31N9O2.CH4/c1-6-28(37)32-21-13-22(25(38-5)14-23(21)35-11-8-20(9-12-35)33(2)3)31-26-18-36-24(15-30-27(36)16-29-26)19-7-10-34(4)17-19;1-7-26(35)30-19-12-20(23(36-6)13-21(19)33(5)11-10-31(2)3)29-24-17-34-22(14-28-25(34)15-27-24)18-8-9-32(4)16-18;1-6-26(35)31-19-12-20(23(36-5)13-21(19)33(4)11-10-32(2)3)30-24-17-34-22(15-29-25(34)16-28-24)18-8-7-9-27-14-18;1-7-25(35)30-18-10-19(22(36-6)11-20(18)32(4)9-8-31(2)3)29-23-16-34-21(13-27-24(34)14-26-23)17-12-28-33(5)15-17;/h6-7,10,13-18,20,31H,1,8-9,11-12H2,2-5H3,(H,32,37);7-9,12-17,29H,1,10-11H2,2-6H3,(H,30,35);6-9,12-17,30H,1,10-11H2,2-5H3,(H,31,35);7,10-16,29H,1,8-9H2,2-6H3,(H,30,35);1H4. The van der Waals surface area contributed by atoms with E-state index in [-0.39, 0.29) is 31.1 Å². The molecule has 1 aliphatic heterocycles. The Morgan fingerprint density at radius 2 is 0.701 bits per heavy atom. The van der Waals surface area contributed by atoms with Crippen LogP contribution >= 0.6 is 0 Å². The predicted molar refractivity (Wildman–Crippen MR) is 588 cm³/mol. The van der Waals surface area contributed by atoms with E-state index in [0.29, 0.717) is 109 Å². The second-order valence-electron chi connectivity index (χ2n) is 35.8. The van der Waals surface area contributed by atoms with E-state index in [1.165, 1.54) is 24.3 Å². The summed E-state index contributed by atoms with van der Waals surface area (Å²) >= 11 is 0. The van der Waals surface area contributed by atoms with Crippen molar-refractivity contribution in [1.82, 2.24) is 101 Å². The van der Waals surface area contributed by atoms with Crippen LogP contribution in [0.5, 0.6) is 23.0 Å². The molecule has 0 unspecified atom stereocenters. The van der Waals surface area contributed by atoms with Gasteiger partial charge in [-0.1, -0.05) is 33.7 Å². The van der Waals surface area contributed by atoms with E-state index in [0.717, 1.165) is 144 Å². The number of nitrogens with zero attached hydrogens (tertiary/aromatic N) is 25. The van der Waals surface area contributed by atoms with E-state index in [9.17, 15) is 19.2 Å². The normalized spacial score (nSPS) is 11.8. The molecule has 41 heteroatoms. The lowest BCUT2D eigenvalue weighted by Gasteiger charge is -2.37. The maximum absolute atomic E-state index is 12.3. The summed E-state index contributed by atoms with van der Waals surface area (Å²) in [6.07, 6.45) is 44.1. The molecule has 0 radical (unpaired) electrons. The third kappa shape index (κ3) is 26.5. The van der Waals surface area contributed by atoms with Gasteiger partial charge < -0.3 is 110 Å². The summed E-state index contributed by atoms with van der Waals surface area (Å²) in [4.78, 5) is 106. The molecule has 0 bridgehead atoms. The minimum Gasteiger partial charge on any atom is -0.494 e. The number of rotatable bonds is 38. The average molecular weight is 2000 g/mol. The van der Waals surface area contributed by atoms with Gasteiger partial charge in [0.2, 0.25) is 23.6 Å². The van der Waals surface area contributed by atoms with Gasteiger partial charge >= 0.3 is 0 Å². The van der Waals surface area contributed by atoms with Crippen LogP contribution in [0, 0.1) is 0 Å². The maximum Gasteiger partial charge on any atom is 0.247 e. The third-order valence-electron chi connectivity index (χ3n) is 24.3. The van der Waals surface area contributed by atoms with E-state index in [1.54, 1.807) is 88.9 Å². The van der Waals surface area contributed by atoms with Gasteiger partial charge in [-0.2, -0.15) is 5.10 Å². The lowest BCUT2D eigenvalue weighted by Crippen LogP contribution is -2.42. The molecule has 41 nitrogen and oxygen atoms in total. The largest absolute Gasteiger partial charge is 0.494 e. The highest BCUT2D eigenvalue weighted by Gasteiger charge is 2.28. The molecule has 1 fully saturated rings. The quantitative estimate of drug-likeness (QED) is 0.0167. The highest BCUT2D eigenvalue weighted by Crippen LogP contribution is 2.44. The second-order valence-corrected chi connectivity index (χ2v) is 35.8. The minimum absolute atomic E-state index is 0. The molecule has 1 aliphatic rings. The van der Waals surface area contributed by atoms with Crippen molar-refractivity contribution in [1.29, 1.82) is 0 Å². The van der Waals surface area contributed by atoms with Crippen molar-refractivity contribution in [3.05, 3.63) is 247 Å². The number of ether oxygens (including phenoxy) is 4. The first kappa shape index (κ1) is 107. The number of imidazole rings is 4. The lowest BCUT2D eigenvalue weighted by atomic mass is 10.0. The fraction of sp³-hybridized carbons (Fsp3) is 0.283. The number of carbonyl (C=O) groups excluding carboxylic acids is 4. The zero-order valence-corrected chi connectivity index (χ0v) is 85.7. The highest BCUT2D eigenvalue weighted by molar-refractivity contribution is 6.05. The molecule has 17 rings (SSSR count). The van der Waals surface area contributed by atoms with Crippen molar-refractivity contribution in [2.24, 2.45) is 21.1 Å². The first-order valence-corrected chi connectivity index (χ1v) is 47.0. The first-order valence-electron chi connectivity index (χ1n) is 47.0. The Morgan fingerprint density at radius 1 is 0.374 bits per heavy atom. The van der Waals surface area contributed by atoms with Gasteiger partial charge in [0.1, 0.15) is 46.3 Å². The van der Waals surface area contributed by atoms with E-state index in [2.05, 4.69) is 184 Å². The molecular formula is C106H131N33O8. The molecule has 147 heavy (non-hydrogen) atoms. The Hall–Kier alpha value is -17.4. The van der Waals surface area contributed by atoms with Gasteiger partial charge in [-0.3, -0.25) is 46.4 Å². The molecule has 4 amide bonds. The van der Waals surface area contributed by atoms with Crippen LogP contribution in [0.2, 0.25) is 0 Å². The number of fused-ring (bicyclic) bond motifs is 4. The summed E-state index contributed by atoms with van der Waals surface area (Å²) in [5, 5.41) is 29.4. The summed E-state index contributed by atoms with van der Waals surface area (Å²) in [5.41, 5.74) is 19.3. The van der Waals surface area contributed by atoms with Crippen molar-refractivity contribution in [2.45, 2.75) is 26.3 Å². The van der Waals surface area contributed by atoms with Crippen molar-refractivity contribution < 1.29 is 38.1 Å². The van der Waals surface area contributed by atoms with Crippen LogP contribution in [0.1, 0.15) is 20.3 Å². The number of piperidine rings is 1. The SMILES string of the molecule is C.C=CC(=O)Nc1cc(Nc2cn3c(-c4cccnc4)cnc3cn2)c(OC)cc1N(C)CCN(C)C.C=CC(=O)Nc1cc(Nc2cn3c(-c4ccn(C)c4)cnc3cn2)c(OC)cc1N(C)CCN(C)C.C=CC(=O)Nc1cc(Nc2cn3c(-c4ccn(C)c4)cnc3cn2)c(OC)cc1N1CCC(N(C)C)CC1.C=CC(=O)Nc1cc(Nc2cn3c(-c4cnn(C)c4)cnc3cn2)c(OC)cc1N(C)CCN(C)C. The summed E-state index contributed by atoms with van der Waals surface area (Å²) in [7, 11) is 34.6. The predicted octanol–water partition coefficient (Wildman–Crippen LogP) is 15.1. The molecule has 0 aliphatic carbocycles. The molecule has 12 aromatic heterocycles. The topological polar surface area (TPSA) is 389 Å². The Morgan fingerprint density at radius 3 is 0.993 bits per heavy atom. The van der Waals surface area contributed by atoms with Crippen LogP contribution < -0.4 is 81.1 Å². The van der Waals surface area contributed by atoms with E-state index >= 15 is 0 Å². The molecule has 4 aromatic carbocycles. The third-order valence-corrected chi connectivity index (χ3v) is 24.3. The molecule has 768 valence electrons. The van der Waals surface area contributed by atoms with Gasteiger partial charge in [0.25, 0.3) is 0 Å². The molecule has 0 saturated carbocycles. The molecule has 16 aromatic rings. The van der Waals surface area contributed by atoms with E-state index in [4.69, 9.17) is 18.9 Å². The van der Waals surface area contributed by atoms with Crippen LogP contribution in [-0.4, -0.2) is 289 Å². The lowest BCUT2D eigenvalue weighted by molar-refractivity contribution is -0.112. The summed E-state index contributed by atoms with van der Waals surface area (Å²) in [5.74, 6) is 3.72. The minimum atomic E-state index is -0.299. The summed E-state index contributed by atoms with van der Waals surface area (Å²) in [6, 6.07) is 23.6. The Bertz CT molecular complexity index is 7110. The molecule has 0 atom stereocenters. The molecule has 0 spiro atoms. The number of methoxy groups -OCH3 is 4. The van der Waals surface area contributed by atoms with Crippen LogP contribution in [0.25, 0.3) is 67.6 Å². The van der Waals surface area contributed by atoms with Gasteiger partial charge in [-0.15, -0.1) is 0 Å². The second kappa shape index (κ2) is 49.0. The molecular weight excluding hydrogens is 1860 g/mol. The fourth-order valence-corrected chi connectivity index (χ4v) is 16.3. The molecule has 13 heterocycles. The van der Waals surface area contributed by atoms with Crippen molar-refractivity contribution in [2.75, 3.05) is 220 Å².